The highest BCUT2D eigenvalue weighted by Crippen LogP contribution is 2.16. The lowest BCUT2D eigenvalue weighted by molar-refractivity contribution is -0.123. The number of ether oxygens (including phenoxy) is 1. The summed E-state index contributed by atoms with van der Waals surface area (Å²) in [6.45, 7) is 2.85. The molecule has 0 saturated carbocycles. The minimum atomic E-state index is -1.36. The van der Waals surface area contributed by atoms with Crippen LogP contribution >= 0.6 is 0 Å². The Labute approximate surface area is 159 Å². The molecule has 0 aliphatic rings. The van der Waals surface area contributed by atoms with Crippen molar-refractivity contribution in [3.8, 4) is 0 Å². The van der Waals surface area contributed by atoms with Gasteiger partial charge in [-0.05, 0) is 43.3 Å². The topological polar surface area (TPSA) is 102 Å². The van der Waals surface area contributed by atoms with E-state index in [1.165, 1.54) is 26.2 Å². The molecular formula is C19H20N2O5S. The molecule has 0 radical (unpaired) electrons. The first-order valence-electron chi connectivity index (χ1n) is 8.10. The number of rotatable bonds is 6. The van der Waals surface area contributed by atoms with Crippen LogP contribution in [0.3, 0.4) is 0 Å². The third kappa shape index (κ3) is 5.75. The second-order valence-electron chi connectivity index (χ2n) is 5.75. The van der Waals surface area contributed by atoms with Gasteiger partial charge in [0.2, 0.25) is 5.91 Å². The maximum Gasteiger partial charge on any atom is 0.340 e. The maximum absolute atomic E-state index is 12.3. The van der Waals surface area contributed by atoms with Gasteiger partial charge in [0.1, 0.15) is 0 Å². The van der Waals surface area contributed by atoms with Crippen molar-refractivity contribution in [3.63, 3.8) is 0 Å². The van der Waals surface area contributed by atoms with E-state index in [0.29, 0.717) is 16.3 Å². The molecule has 2 rings (SSSR count). The van der Waals surface area contributed by atoms with Crippen molar-refractivity contribution in [2.75, 3.05) is 16.9 Å². The summed E-state index contributed by atoms with van der Waals surface area (Å²) >= 11 is 0. The Morgan fingerprint density at radius 2 is 1.52 bits per heavy atom. The van der Waals surface area contributed by atoms with Crippen LogP contribution < -0.4 is 10.6 Å². The fourth-order valence-corrected chi connectivity index (χ4v) is 2.98. The third-order valence-corrected chi connectivity index (χ3v) is 4.52. The van der Waals surface area contributed by atoms with Crippen molar-refractivity contribution < 1.29 is 23.3 Å². The van der Waals surface area contributed by atoms with E-state index in [2.05, 4.69) is 10.6 Å². The summed E-state index contributed by atoms with van der Waals surface area (Å²) in [5.41, 5.74) is 1.26. The normalized spacial score (nSPS) is 12.6. The summed E-state index contributed by atoms with van der Waals surface area (Å²) in [4.78, 5) is 35.9. The second-order valence-corrected chi connectivity index (χ2v) is 7.09. The van der Waals surface area contributed by atoms with Gasteiger partial charge in [-0.3, -0.25) is 13.8 Å². The summed E-state index contributed by atoms with van der Waals surface area (Å²) in [6, 6.07) is 12.9. The summed E-state index contributed by atoms with van der Waals surface area (Å²) in [6.07, 6.45) is 0.415. The number of esters is 1. The summed E-state index contributed by atoms with van der Waals surface area (Å²) in [5.74, 6) is -1.42. The molecule has 2 amide bonds. The van der Waals surface area contributed by atoms with E-state index in [4.69, 9.17) is 4.74 Å². The number of hydrogen-bond donors (Lipinski definition) is 2. The molecule has 2 atom stereocenters. The van der Waals surface area contributed by atoms with Crippen molar-refractivity contribution in [2.45, 2.75) is 24.8 Å². The molecule has 0 aromatic heterocycles. The van der Waals surface area contributed by atoms with Crippen molar-refractivity contribution in [3.05, 3.63) is 54.1 Å². The Morgan fingerprint density at radius 3 is 2.07 bits per heavy atom. The highest BCUT2D eigenvalue weighted by atomic mass is 32.2. The number of hydrogen-bond acceptors (Lipinski definition) is 5. The van der Waals surface area contributed by atoms with Crippen molar-refractivity contribution in [1.29, 1.82) is 0 Å². The number of carbonyl (C=O) groups is 3. The Bertz CT molecular complexity index is 880. The van der Waals surface area contributed by atoms with Gasteiger partial charge in [0.05, 0.1) is 21.3 Å². The van der Waals surface area contributed by atoms with Crippen LogP contribution in [0.1, 0.15) is 24.2 Å². The van der Waals surface area contributed by atoms with E-state index in [9.17, 15) is 18.6 Å². The lowest BCUT2D eigenvalue weighted by atomic mass is 10.2. The van der Waals surface area contributed by atoms with Gasteiger partial charge in [-0.15, -0.1) is 0 Å². The molecule has 8 heteroatoms. The third-order valence-electron chi connectivity index (χ3n) is 3.54. The smallest absolute Gasteiger partial charge is 0.340 e. The summed E-state index contributed by atoms with van der Waals surface area (Å²) in [7, 11) is -1.36. The van der Waals surface area contributed by atoms with Gasteiger partial charge in [-0.2, -0.15) is 0 Å². The Kier molecular flexibility index (Phi) is 6.84. The van der Waals surface area contributed by atoms with Gasteiger partial charge in [0.15, 0.2) is 6.10 Å². The number of benzene rings is 2. The molecule has 0 aliphatic carbocycles. The monoisotopic (exact) mass is 388 g/mol. The quantitative estimate of drug-likeness (QED) is 0.741. The van der Waals surface area contributed by atoms with Crippen LogP contribution in [0.4, 0.5) is 11.4 Å². The highest BCUT2D eigenvalue weighted by Gasteiger charge is 2.21. The molecule has 142 valence electrons. The van der Waals surface area contributed by atoms with E-state index < -0.39 is 28.8 Å². The predicted molar refractivity (Wildman–Crippen MR) is 103 cm³/mol. The molecular weight excluding hydrogens is 368 g/mol. The molecule has 0 aliphatic heterocycles. The Hall–Kier alpha value is -3.00. The number of carbonyl (C=O) groups excluding carboxylic acids is 3. The van der Waals surface area contributed by atoms with Crippen molar-refractivity contribution >= 4 is 40.0 Å². The Balaban J connectivity index is 2.00. The van der Waals surface area contributed by atoms with Crippen LogP contribution in [0.25, 0.3) is 0 Å². The first kappa shape index (κ1) is 20.3. The molecule has 0 unspecified atom stereocenters. The summed E-state index contributed by atoms with van der Waals surface area (Å²) < 4.78 is 16.9. The van der Waals surface area contributed by atoms with Gasteiger partial charge in [-0.1, -0.05) is 12.1 Å². The zero-order valence-electron chi connectivity index (χ0n) is 15.1. The van der Waals surface area contributed by atoms with E-state index >= 15 is 0 Å². The van der Waals surface area contributed by atoms with Gasteiger partial charge in [0.25, 0.3) is 5.91 Å². The van der Waals surface area contributed by atoms with E-state index in [0.717, 1.165) is 0 Å². The maximum atomic E-state index is 12.3. The standard InChI is InChI=1S/C19H20N2O5S/c1-12(26-19(24)16-6-4-5-7-17(16)27(3)25)18(23)21-15-10-8-14(9-11-15)20-13(2)22/h4-12H,1-3H3,(H,20,22)(H,21,23)/t12-,27+/m1/s1. The van der Waals surface area contributed by atoms with Crippen LogP contribution in [0.5, 0.6) is 0 Å². The molecule has 2 aromatic carbocycles. The van der Waals surface area contributed by atoms with Crippen molar-refractivity contribution in [2.24, 2.45) is 0 Å². The van der Waals surface area contributed by atoms with Gasteiger partial charge in [0, 0.05) is 24.6 Å². The first-order valence-corrected chi connectivity index (χ1v) is 9.65. The zero-order chi connectivity index (χ0) is 20.0. The van der Waals surface area contributed by atoms with Crippen LogP contribution in [0.15, 0.2) is 53.4 Å². The van der Waals surface area contributed by atoms with Crippen LogP contribution in [0, 0.1) is 0 Å². The van der Waals surface area contributed by atoms with Gasteiger partial charge in [-0.25, -0.2) is 4.79 Å². The van der Waals surface area contributed by atoms with Gasteiger partial charge >= 0.3 is 5.97 Å². The minimum absolute atomic E-state index is 0.164. The molecule has 2 N–H and O–H groups in total. The molecule has 0 fully saturated rings. The van der Waals surface area contributed by atoms with Crippen LogP contribution in [0.2, 0.25) is 0 Å². The molecule has 0 spiro atoms. The number of anilines is 2. The van der Waals surface area contributed by atoms with E-state index in [1.807, 2.05) is 0 Å². The van der Waals surface area contributed by atoms with Crippen molar-refractivity contribution in [1.82, 2.24) is 0 Å². The largest absolute Gasteiger partial charge is 0.449 e. The fraction of sp³-hybridized carbons (Fsp3) is 0.211. The molecule has 27 heavy (non-hydrogen) atoms. The lowest BCUT2D eigenvalue weighted by Crippen LogP contribution is -2.30. The predicted octanol–water partition coefficient (Wildman–Crippen LogP) is 2.57. The molecule has 0 saturated heterocycles. The second kappa shape index (κ2) is 9.09. The minimum Gasteiger partial charge on any atom is -0.449 e. The average molecular weight is 388 g/mol. The lowest BCUT2D eigenvalue weighted by Gasteiger charge is -2.15. The zero-order valence-corrected chi connectivity index (χ0v) is 16.0. The molecule has 0 heterocycles. The molecule has 2 aromatic rings. The Morgan fingerprint density at radius 1 is 0.963 bits per heavy atom. The number of amides is 2. The average Bonchev–Trinajstić information content (AvgIpc) is 2.62. The molecule has 7 nitrogen and oxygen atoms in total. The highest BCUT2D eigenvalue weighted by molar-refractivity contribution is 7.84. The fourth-order valence-electron chi connectivity index (χ4n) is 2.25. The first-order chi connectivity index (χ1) is 12.8. The number of nitrogens with one attached hydrogen (secondary N) is 2. The SMILES string of the molecule is CC(=O)Nc1ccc(NC(=O)[C@@H](C)OC(=O)c2ccccc2[S@](C)=O)cc1. The van der Waals surface area contributed by atoms with Crippen LogP contribution in [-0.4, -0.2) is 34.4 Å². The molecule has 0 bridgehead atoms. The summed E-state index contributed by atoms with van der Waals surface area (Å²) in [5, 5.41) is 5.25. The van der Waals surface area contributed by atoms with E-state index in [1.54, 1.807) is 42.5 Å². The van der Waals surface area contributed by atoms with Gasteiger partial charge < -0.3 is 15.4 Å². The van der Waals surface area contributed by atoms with E-state index in [-0.39, 0.29) is 11.5 Å². The van der Waals surface area contributed by atoms with Crippen LogP contribution in [-0.2, 0) is 25.1 Å².